The van der Waals surface area contributed by atoms with Crippen molar-refractivity contribution in [3.05, 3.63) is 40.3 Å². The van der Waals surface area contributed by atoms with Gasteiger partial charge in [-0.2, -0.15) is 0 Å². The molecule has 1 atom stereocenters. The highest BCUT2D eigenvalue weighted by atomic mass is 79.9. The predicted octanol–water partition coefficient (Wildman–Crippen LogP) is 3.22. The van der Waals surface area contributed by atoms with Gasteiger partial charge < -0.3 is 25.4 Å². The number of ether oxygens (including phenoxy) is 1. The smallest absolute Gasteiger partial charge is 0.326 e. The summed E-state index contributed by atoms with van der Waals surface area (Å²) in [6, 6.07) is 3.58. The molecule has 2 aromatic rings. The first kappa shape index (κ1) is 25.3. The molecule has 0 aromatic carbocycles. The second kappa shape index (κ2) is 13.4. The molecule has 2 aromatic heterocycles. The molecule has 0 spiro atoms. The van der Waals surface area contributed by atoms with Gasteiger partial charge in [-0.1, -0.05) is 6.07 Å². The van der Waals surface area contributed by atoms with Crippen molar-refractivity contribution in [2.75, 3.05) is 50.5 Å². The number of pyridine rings is 1. The van der Waals surface area contributed by atoms with E-state index in [-0.39, 0.29) is 0 Å². The third kappa shape index (κ3) is 8.53. The molecule has 0 radical (unpaired) electrons. The first-order valence-corrected chi connectivity index (χ1v) is 12.3. The number of nitrogens with zero attached hydrogens (tertiary/aromatic N) is 4. The lowest BCUT2D eigenvalue weighted by Crippen LogP contribution is -2.37. The quantitative estimate of drug-likeness (QED) is 0.323. The maximum absolute atomic E-state index is 11.7. The number of halogens is 1. The molecule has 33 heavy (non-hydrogen) atoms. The maximum Gasteiger partial charge on any atom is 0.326 e. The van der Waals surface area contributed by atoms with Crippen LogP contribution < -0.4 is 10.6 Å². The fourth-order valence-electron chi connectivity index (χ4n) is 3.82. The van der Waals surface area contributed by atoms with Crippen molar-refractivity contribution in [2.45, 2.75) is 44.6 Å². The van der Waals surface area contributed by atoms with Crippen molar-refractivity contribution >= 4 is 33.7 Å². The lowest BCUT2D eigenvalue weighted by Gasteiger charge is -2.24. The third-order valence-corrected chi connectivity index (χ3v) is 6.09. The molecule has 0 saturated heterocycles. The highest BCUT2D eigenvalue weighted by Gasteiger charge is 2.20. The highest BCUT2D eigenvalue weighted by Crippen LogP contribution is 2.20. The molecule has 10 heteroatoms. The van der Waals surface area contributed by atoms with Crippen molar-refractivity contribution in [3.8, 4) is 0 Å². The number of aliphatic carboxylic acids is 1. The van der Waals surface area contributed by atoms with Gasteiger partial charge in [-0.05, 0) is 72.6 Å². The summed E-state index contributed by atoms with van der Waals surface area (Å²) in [6.45, 7) is 3.90. The Balaban J connectivity index is 1.45. The van der Waals surface area contributed by atoms with Crippen LogP contribution in [0.3, 0.4) is 0 Å². The largest absolute Gasteiger partial charge is 0.480 e. The molecule has 1 aliphatic rings. The summed E-state index contributed by atoms with van der Waals surface area (Å²) < 4.78 is 5.99. The molecule has 0 bridgehead atoms. The molecule has 0 aliphatic carbocycles. The fraction of sp³-hybridized carbons (Fsp3) is 0.565. The summed E-state index contributed by atoms with van der Waals surface area (Å²) in [4.78, 5) is 27.0. The average Bonchev–Trinajstić information content (AvgIpc) is 2.83. The second-order valence-electron chi connectivity index (χ2n) is 8.18. The molecule has 180 valence electrons. The van der Waals surface area contributed by atoms with Crippen LogP contribution in [0.1, 0.15) is 36.9 Å². The van der Waals surface area contributed by atoms with Crippen LogP contribution in [0, 0.1) is 0 Å². The van der Waals surface area contributed by atoms with Gasteiger partial charge in [0, 0.05) is 44.8 Å². The van der Waals surface area contributed by atoms with Crippen LogP contribution in [0.4, 0.5) is 11.8 Å². The molecule has 0 fully saturated rings. The van der Waals surface area contributed by atoms with E-state index in [9.17, 15) is 9.90 Å². The number of fused-ring (bicyclic) bond motifs is 1. The zero-order valence-corrected chi connectivity index (χ0v) is 20.7. The molecule has 3 N–H and O–H groups in total. The van der Waals surface area contributed by atoms with Crippen LogP contribution in [0.5, 0.6) is 0 Å². The monoisotopic (exact) mass is 520 g/mol. The van der Waals surface area contributed by atoms with E-state index in [1.807, 2.05) is 0 Å². The van der Waals surface area contributed by atoms with Crippen LogP contribution >= 0.6 is 15.9 Å². The minimum absolute atomic E-state index is 0.307. The average molecular weight is 521 g/mol. The number of aryl methyl sites for hydroxylation is 2. The van der Waals surface area contributed by atoms with E-state index in [1.54, 1.807) is 19.5 Å². The summed E-state index contributed by atoms with van der Waals surface area (Å²) in [6.07, 6.45) is 8.87. The predicted molar refractivity (Wildman–Crippen MR) is 132 cm³/mol. The number of nitrogens with one attached hydrogen (secondary N) is 2. The first-order valence-electron chi connectivity index (χ1n) is 11.5. The van der Waals surface area contributed by atoms with E-state index in [2.05, 4.69) is 53.6 Å². The summed E-state index contributed by atoms with van der Waals surface area (Å²) in [5, 5.41) is 15.9. The molecule has 3 heterocycles. The van der Waals surface area contributed by atoms with E-state index in [0.29, 0.717) is 25.5 Å². The number of methoxy groups -OCH3 is 1. The number of unbranched alkanes of at least 4 members (excludes halogenated alkanes) is 1. The Morgan fingerprint density at radius 1 is 1.27 bits per heavy atom. The lowest BCUT2D eigenvalue weighted by molar-refractivity contribution is -0.138. The zero-order valence-electron chi connectivity index (χ0n) is 19.1. The van der Waals surface area contributed by atoms with Gasteiger partial charge in [0.1, 0.15) is 11.9 Å². The number of aromatic nitrogens is 3. The topological polar surface area (TPSA) is 113 Å². The Hall–Kier alpha value is -2.30. The van der Waals surface area contributed by atoms with Gasteiger partial charge in [-0.15, -0.1) is 0 Å². The van der Waals surface area contributed by atoms with Gasteiger partial charge >= 0.3 is 5.97 Å². The fourth-order valence-corrected chi connectivity index (χ4v) is 4.02. The van der Waals surface area contributed by atoms with E-state index in [1.165, 1.54) is 12.0 Å². The molecule has 1 unspecified atom stereocenters. The van der Waals surface area contributed by atoms with Crippen LogP contribution in [0.25, 0.3) is 0 Å². The molecule has 0 saturated carbocycles. The van der Waals surface area contributed by atoms with Gasteiger partial charge in [0.2, 0.25) is 5.95 Å². The summed E-state index contributed by atoms with van der Waals surface area (Å²) in [5.41, 5.74) is 2.43. The normalized spacial score (nSPS) is 13.9. The number of hydrogen-bond donors (Lipinski definition) is 3. The number of hydrogen-bond acceptors (Lipinski definition) is 8. The third-order valence-electron chi connectivity index (χ3n) is 5.68. The number of carbonyl (C=O) groups is 1. The standard InChI is InChI=1S/C23H33BrN6O3/c1-33-14-13-30(12-9-20(22(31)32)29-23-26-15-18(24)16-27-23)11-3-2-6-19-8-7-17-5-4-10-25-21(17)28-19/h7-8,15-16,20H,2-6,9-14H2,1H3,(H,25,28)(H,31,32)(H,26,27,29). The van der Waals surface area contributed by atoms with Gasteiger partial charge in [0.25, 0.3) is 0 Å². The van der Waals surface area contributed by atoms with Crippen molar-refractivity contribution in [1.29, 1.82) is 0 Å². The molecular weight excluding hydrogens is 488 g/mol. The van der Waals surface area contributed by atoms with Gasteiger partial charge in [0.05, 0.1) is 11.1 Å². The van der Waals surface area contributed by atoms with Crippen LogP contribution in [0.2, 0.25) is 0 Å². The van der Waals surface area contributed by atoms with E-state index in [4.69, 9.17) is 9.72 Å². The number of rotatable bonds is 14. The van der Waals surface area contributed by atoms with E-state index < -0.39 is 12.0 Å². The molecule has 0 amide bonds. The Morgan fingerprint density at radius 3 is 2.85 bits per heavy atom. The lowest BCUT2D eigenvalue weighted by atomic mass is 10.1. The maximum atomic E-state index is 11.7. The molecular formula is C23H33BrN6O3. The minimum atomic E-state index is -0.916. The van der Waals surface area contributed by atoms with Crippen molar-refractivity contribution < 1.29 is 14.6 Å². The minimum Gasteiger partial charge on any atom is -0.480 e. The second-order valence-corrected chi connectivity index (χ2v) is 9.10. The Labute approximate surface area is 203 Å². The highest BCUT2D eigenvalue weighted by molar-refractivity contribution is 9.10. The molecule has 3 rings (SSSR count). The Bertz CT molecular complexity index is 883. The van der Waals surface area contributed by atoms with Crippen LogP contribution in [-0.2, 0) is 22.4 Å². The summed E-state index contributed by atoms with van der Waals surface area (Å²) in [5.74, 6) is 0.434. The first-order chi connectivity index (χ1) is 16.0. The number of carboxylic acid groups (broad SMARTS) is 1. The van der Waals surface area contributed by atoms with E-state index >= 15 is 0 Å². The Morgan fingerprint density at radius 2 is 2.09 bits per heavy atom. The van der Waals surface area contributed by atoms with Gasteiger partial charge in [0.15, 0.2) is 0 Å². The van der Waals surface area contributed by atoms with Crippen molar-refractivity contribution in [2.24, 2.45) is 0 Å². The van der Waals surface area contributed by atoms with Crippen molar-refractivity contribution in [3.63, 3.8) is 0 Å². The van der Waals surface area contributed by atoms with Crippen molar-refractivity contribution in [1.82, 2.24) is 19.9 Å². The van der Waals surface area contributed by atoms with Crippen LogP contribution in [-0.4, -0.2) is 76.9 Å². The SMILES string of the molecule is COCCN(CCCCc1ccc2c(n1)NCCC2)CCC(Nc1ncc(Br)cn1)C(=O)O. The van der Waals surface area contributed by atoms with E-state index in [0.717, 1.165) is 61.3 Å². The number of carboxylic acids is 1. The molecule has 9 nitrogen and oxygen atoms in total. The Kier molecular flexibility index (Phi) is 10.3. The zero-order chi connectivity index (χ0) is 23.5. The number of anilines is 2. The summed E-state index contributed by atoms with van der Waals surface area (Å²) in [7, 11) is 1.68. The van der Waals surface area contributed by atoms with Gasteiger partial charge in [-0.25, -0.2) is 19.7 Å². The van der Waals surface area contributed by atoms with Gasteiger partial charge in [-0.3, -0.25) is 0 Å². The molecule has 1 aliphatic heterocycles. The van der Waals surface area contributed by atoms with Crippen LogP contribution in [0.15, 0.2) is 29.0 Å². The summed E-state index contributed by atoms with van der Waals surface area (Å²) >= 11 is 3.28.